The summed E-state index contributed by atoms with van der Waals surface area (Å²) in [5, 5.41) is 0.881. The number of rotatable bonds is 7. The number of fused-ring (bicyclic) bond motifs is 1. The standard InChI is InChI=1S/C23H22F3NO2S/c24-23(25,26)19-12-15(7-9-18(19)16-4-1-2-5-16)14-29-17-8-10-20-21(13-17)30-22(27-20)6-3-11-28/h7-13,16H,1-6,14H2. The van der Waals surface area contributed by atoms with Gasteiger partial charge in [0.15, 0.2) is 0 Å². The number of nitrogens with zero attached hydrogens (tertiary/aromatic N) is 1. The number of aromatic nitrogens is 1. The Balaban J connectivity index is 1.50. The molecule has 1 aliphatic carbocycles. The minimum absolute atomic E-state index is 0.00117. The van der Waals surface area contributed by atoms with Crippen molar-refractivity contribution in [3.05, 3.63) is 58.1 Å². The fourth-order valence-electron chi connectivity index (χ4n) is 4.03. The Labute approximate surface area is 176 Å². The molecule has 1 fully saturated rings. The molecule has 0 unspecified atom stereocenters. The zero-order valence-corrected chi connectivity index (χ0v) is 17.2. The summed E-state index contributed by atoms with van der Waals surface area (Å²) in [5.74, 6) is 0.584. The lowest BCUT2D eigenvalue weighted by Gasteiger charge is -2.19. The highest BCUT2D eigenvalue weighted by atomic mass is 32.1. The van der Waals surface area contributed by atoms with E-state index in [4.69, 9.17) is 4.74 Å². The molecule has 0 aliphatic heterocycles. The molecule has 1 saturated carbocycles. The summed E-state index contributed by atoms with van der Waals surface area (Å²) in [4.78, 5) is 15.0. The van der Waals surface area contributed by atoms with Crippen LogP contribution in [0.25, 0.3) is 10.2 Å². The zero-order chi connectivity index (χ0) is 21.1. The highest BCUT2D eigenvalue weighted by molar-refractivity contribution is 7.18. The van der Waals surface area contributed by atoms with Gasteiger partial charge in [0, 0.05) is 12.8 Å². The number of thiazole rings is 1. The first-order valence-corrected chi connectivity index (χ1v) is 10.9. The summed E-state index contributed by atoms with van der Waals surface area (Å²) < 4.78 is 47.6. The third-order valence-corrected chi connectivity index (χ3v) is 6.58. The van der Waals surface area contributed by atoms with Crippen LogP contribution in [0.5, 0.6) is 5.75 Å². The minimum atomic E-state index is -4.37. The molecule has 0 saturated heterocycles. The van der Waals surface area contributed by atoms with Crippen LogP contribution in [-0.2, 0) is 24.0 Å². The average molecular weight is 433 g/mol. The van der Waals surface area contributed by atoms with Crippen molar-refractivity contribution < 1.29 is 22.7 Å². The second-order valence-electron chi connectivity index (χ2n) is 7.63. The number of alkyl halides is 3. The van der Waals surface area contributed by atoms with Crippen molar-refractivity contribution in [2.75, 3.05) is 0 Å². The van der Waals surface area contributed by atoms with Gasteiger partial charge in [0.2, 0.25) is 0 Å². The summed E-state index contributed by atoms with van der Waals surface area (Å²) in [7, 11) is 0. The highest BCUT2D eigenvalue weighted by Crippen LogP contribution is 2.42. The molecule has 3 nitrogen and oxygen atoms in total. The van der Waals surface area contributed by atoms with Gasteiger partial charge in [-0.05, 0) is 54.2 Å². The number of benzene rings is 2. The maximum Gasteiger partial charge on any atom is 0.416 e. The number of hydrogen-bond donors (Lipinski definition) is 0. The second-order valence-corrected chi connectivity index (χ2v) is 8.75. The van der Waals surface area contributed by atoms with Gasteiger partial charge in [0.25, 0.3) is 0 Å². The molecular formula is C23H22F3NO2S. The van der Waals surface area contributed by atoms with Crippen molar-refractivity contribution >= 4 is 27.8 Å². The highest BCUT2D eigenvalue weighted by Gasteiger charge is 2.36. The zero-order valence-electron chi connectivity index (χ0n) is 16.4. The predicted octanol–water partition coefficient (Wildman–Crippen LogP) is 6.68. The van der Waals surface area contributed by atoms with E-state index in [0.29, 0.717) is 29.7 Å². The molecule has 3 aromatic rings. The molecule has 1 aromatic heterocycles. The third-order valence-electron chi connectivity index (χ3n) is 5.50. The van der Waals surface area contributed by atoms with Crippen molar-refractivity contribution in [2.45, 2.75) is 57.2 Å². The van der Waals surface area contributed by atoms with Crippen LogP contribution in [0.1, 0.15) is 59.7 Å². The van der Waals surface area contributed by atoms with E-state index in [-0.39, 0.29) is 12.5 Å². The first kappa shape index (κ1) is 20.8. The number of halogens is 3. The van der Waals surface area contributed by atoms with E-state index in [1.165, 1.54) is 17.4 Å². The van der Waals surface area contributed by atoms with Crippen molar-refractivity contribution in [1.29, 1.82) is 0 Å². The molecule has 0 atom stereocenters. The van der Waals surface area contributed by atoms with Crippen LogP contribution in [0.4, 0.5) is 13.2 Å². The van der Waals surface area contributed by atoms with Crippen LogP contribution in [0.3, 0.4) is 0 Å². The fraction of sp³-hybridized carbons (Fsp3) is 0.391. The molecule has 1 aliphatic rings. The van der Waals surface area contributed by atoms with E-state index >= 15 is 0 Å². The fourth-order valence-corrected chi connectivity index (χ4v) is 5.04. The summed E-state index contributed by atoms with van der Waals surface area (Å²) in [6.07, 6.45) is 1.16. The van der Waals surface area contributed by atoms with Crippen molar-refractivity contribution in [2.24, 2.45) is 0 Å². The summed E-state index contributed by atoms with van der Waals surface area (Å²) in [5.41, 5.74) is 1.21. The Morgan fingerprint density at radius 3 is 2.67 bits per heavy atom. The van der Waals surface area contributed by atoms with Gasteiger partial charge < -0.3 is 9.53 Å². The lowest BCUT2D eigenvalue weighted by atomic mass is 9.91. The van der Waals surface area contributed by atoms with E-state index in [1.54, 1.807) is 18.2 Å². The van der Waals surface area contributed by atoms with E-state index < -0.39 is 11.7 Å². The third kappa shape index (κ3) is 4.67. The van der Waals surface area contributed by atoms with Crippen molar-refractivity contribution in [1.82, 2.24) is 4.98 Å². The molecule has 1 heterocycles. The number of aryl methyl sites for hydroxylation is 1. The second kappa shape index (κ2) is 8.76. The Morgan fingerprint density at radius 1 is 1.13 bits per heavy atom. The van der Waals surface area contributed by atoms with Crippen LogP contribution in [0.15, 0.2) is 36.4 Å². The molecule has 30 heavy (non-hydrogen) atoms. The lowest BCUT2D eigenvalue weighted by Crippen LogP contribution is -2.12. The van der Waals surface area contributed by atoms with Crippen LogP contribution in [0, 0.1) is 0 Å². The quantitative estimate of drug-likeness (QED) is 0.390. The van der Waals surface area contributed by atoms with Gasteiger partial charge >= 0.3 is 6.18 Å². The van der Waals surface area contributed by atoms with Gasteiger partial charge in [-0.15, -0.1) is 11.3 Å². The Hall–Kier alpha value is -2.41. The van der Waals surface area contributed by atoms with Gasteiger partial charge in [-0.2, -0.15) is 13.2 Å². The number of aldehydes is 1. The largest absolute Gasteiger partial charge is 0.489 e. The predicted molar refractivity (Wildman–Crippen MR) is 111 cm³/mol. The van der Waals surface area contributed by atoms with Gasteiger partial charge in [0.05, 0.1) is 20.8 Å². The number of hydrogen-bond acceptors (Lipinski definition) is 4. The van der Waals surface area contributed by atoms with Crippen LogP contribution < -0.4 is 4.74 Å². The first-order chi connectivity index (χ1) is 14.4. The lowest BCUT2D eigenvalue weighted by molar-refractivity contribution is -0.138. The average Bonchev–Trinajstić information content (AvgIpc) is 3.39. The monoisotopic (exact) mass is 433 g/mol. The van der Waals surface area contributed by atoms with Crippen LogP contribution in [-0.4, -0.2) is 11.3 Å². The Kier molecular flexibility index (Phi) is 6.09. The van der Waals surface area contributed by atoms with Crippen LogP contribution in [0.2, 0.25) is 0 Å². The van der Waals surface area contributed by atoms with E-state index in [0.717, 1.165) is 47.2 Å². The molecule has 2 aromatic carbocycles. The summed E-state index contributed by atoms with van der Waals surface area (Å²) in [6.45, 7) is 0.0658. The molecule has 0 amide bonds. The molecule has 0 radical (unpaired) electrons. The molecule has 4 rings (SSSR count). The van der Waals surface area contributed by atoms with Gasteiger partial charge in [-0.25, -0.2) is 4.98 Å². The minimum Gasteiger partial charge on any atom is -0.489 e. The van der Waals surface area contributed by atoms with Gasteiger partial charge in [0.1, 0.15) is 18.6 Å². The van der Waals surface area contributed by atoms with Gasteiger partial charge in [-0.1, -0.05) is 25.0 Å². The molecule has 0 N–H and O–H groups in total. The maximum absolute atomic E-state index is 13.6. The molecule has 0 spiro atoms. The number of carbonyl (C=O) groups is 1. The molecule has 0 bridgehead atoms. The Morgan fingerprint density at radius 2 is 1.93 bits per heavy atom. The maximum atomic E-state index is 13.6. The summed E-state index contributed by atoms with van der Waals surface area (Å²) in [6, 6.07) is 10.0. The van der Waals surface area contributed by atoms with E-state index in [2.05, 4.69) is 4.98 Å². The van der Waals surface area contributed by atoms with Crippen LogP contribution >= 0.6 is 11.3 Å². The first-order valence-electron chi connectivity index (χ1n) is 10.1. The summed E-state index contributed by atoms with van der Waals surface area (Å²) >= 11 is 1.50. The smallest absolute Gasteiger partial charge is 0.416 e. The van der Waals surface area contributed by atoms with E-state index in [9.17, 15) is 18.0 Å². The topological polar surface area (TPSA) is 39.2 Å². The number of carbonyl (C=O) groups excluding carboxylic acids is 1. The number of ether oxygens (including phenoxy) is 1. The van der Waals surface area contributed by atoms with Crippen molar-refractivity contribution in [3.8, 4) is 5.75 Å². The SMILES string of the molecule is O=CCCc1nc2ccc(OCc3ccc(C4CCCC4)c(C(F)(F)F)c3)cc2s1. The van der Waals surface area contributed by atoms with Crippen molar-refractivity contribution in [3.63, 3.8) is 0 Å². The molecule has 7 heteroatoms. The molecule has 158 valence electrons. The van der Waals surface area contributed by atoms with E-state index in [1.807, 2.05) is 12.1 Å². The van der Waals surface area contributed by atoms with Gasteiger partial charge in [-0.3, -0.25) is 0 Å². The molecular weight excluding hydrogens is 411 g/mol. The Bertz CT molecular complexity index is 1040. The normalized spacial score (nSPS) is 15.0.